The molecule has 0 spiro atoms. The summed E-state index contributed by atoms with van der Waals surface area (Å²) in [5.74, 6) is -3.17. The van der Waals surface area contributed by atoms with Gasteiger partial charge in [-0.15, -0.1) is 0 Å². The second-order valence-electron chi connectivity index (χ2n) is 4.24. The van der Waals surface area contributed by atoms with Gasteiger partial charge in [0.1, 0.15) is 6.42 Å². The molecule has 0 fully saturated rings. The van der Waals surface area contributed by atoms with Gasteiger partial charge in [-0.05, 0) is 18.2 Å². The van der Waals surface area contributed by atoms with Crippen LogP contribution in [0.2, 0.25) is 0 Å². The average molecular weight is 340 g/mol. The highest BCUT2D eigenvalue weighted by Gasteiger charge is 2.15. The van der Waals surface area contributed by atoms with Gasteiger partial charge in [0.05, 0.1) is 18.2 Å². The third kappa shape index (κ3) is 6.44. The van der Waals surface area contributed by atoms with Crippen molar-refractivity contribution in [3.63, 3.8) is 0 Å². The maximum absolute atomic E-state index is 11.8. The molecule has 0 heterocycles. The van der Waals surface area contributed by atoms with Crippen molar-refractivity contribution in [3.05, 3.63) is 35.4 Å². The van der Waals surface area contributed by atoms with Gasteiger partial charge in [0.25, 0.3) is 0 Å². The molecule has 0 amide bonds. The molecule has 0 aliphatic heterocycles. The molecule has 9 heteroatoms. The first-order chi connectivity index (χ1) is 11.5. The number of ether oxygens (including phenoxy) is 5. The van der Waals surface area contributed by atoms with E-state index in [1.807, 2.05) is 0 Å². The number of methoxy groups -OCH3 is 2. The molecule has 0 radical (unpaired) electrons. The summed E-state index contributed by atoms with van der Waals surface area (Å²) in [5.41, 5.74) is 0.248. The van der Waals surface area contributed by atoms with Gasteiger partial charge in [0, 0.05) is 7.11 Å². The van der Waals surface area contributed by atoms with Crippen molar-refractivity contribution in [3.8, 4) is 0 Å². The number of rotatable bonds is 8. The second kappa shape index (κ2) is 9.95. The van der Waals surface area contributed by atoms with Crippen LogP contribution in [0.4, 0.5) is 0 Å². The van der Waals surface area contributed by atoms with Gasteiger partial charge in [-0.25, -0.2) is 9.59 Å². The van der Waals surface area contributed by atoms with Crippen molar-refractivity contribution in [1.82, 2.24) is 0 Å². The molecule has 1 rings (SSSR count). The Labute approximate surface area is 137 Å². The Kier molecular flexibility index (Phi) is 7.92. The van der Waals surface area contributed by atoms with Crippen molar-refractivity contribution < 1.29 is 42.9 Å². The SMILES string of the molecule is COCOC(=O)CC(=O)OCOC(=O)c1cccc(C(=O)OC)c1. The molecule has 1 aromatic rings. The Balaban J connectivity index is 2.42. The van der Waals surface area contributed by atoms with Crippen LogP contribution in [0.5, 0.6) is 0 Å². The summed E-state index contributed by atoms with van der Waals surface area (Å²) in [5, 5.41) is 0. The van der Waals surface area contributed by atoms with Gasteiger partial charge in [-0.1, -0.05) is 6.07 Å². The van der Waals surface area contributed by atoms with Crippen LogP contribution < -0.4 is 0 Å². The summed E-state index contributed by atoms with van der Waals surface area (Å²) in [6.45, 7) is -0.963. The summed E-state index contributed by atoms with van der Waals surface area (Å²) < 4.78 is 22.8. The second-order valence-corrected chi connectivity index (χ2v) is 4.24. The molecule has 0 bridgehead atoms. The number of hydrogen-bond donors (Lipinski definition) is 0. The van der Waals surface area contributed by atoms with Crippen molar-refractivity contribution in [2.24, 2.45) is 0 Å². The minimum Gasteiger partial charge on any atom is -0.465 e. The lowest BCUT2D eigenvalue weighted by atomic mass is 10.1. The number of hydrogen-bond acceptors (Lipinski definition) is 9. The lowest BCUT2D eigenvalue weighted by molar-refractivity contribution is -0.164. The van der Waals surface area contributed by atoms with Gasteiger partial charge in [-0.2, -0.15) is 0 Å². The highest BCUT2D eigenvalue weighted by Crippen LogP contribution is 2.08. The summed E-state index contributed by atoms with van der Waals surface area (Å²) in [4.78, 5) is 45.6. The van der Waals surface area contributed by atoms with E-state index in [2.05, 4.69) is 18.9 Å². The number of benzene rings is 1. The first-order valence-corrected chi connectivity index (χ1v) is 6.63. The maximum atomic E-state index is 11.8. The quantitative estimate of drug-likeness (QED) is 0.291. The lowest BCUT2D eigenvalue weighted by Gasteiger charge is -2.07. The summed E-state index contributed by atoms with van der Waals surface area (Å²) in [6.07, 6.45) is -0.640. The van der Waals surface area contributed by atoms with E-state index >= 15 is 0 Å². The molecular formula is C15H16O9. The zero-order valence-corrected chi connectivity index (χ0v) is 13.1. The molecule has 24 heavy (non-hydrogen) atoms. The Morgan fingerprint density at radius 2 is 1.42 bits per heavy atom. The van der Waals surface area contributed by atoms with Crippen LogP contribution >= 0.6 is 0 Å². The maximum Gasteiger partial charge on any atom is 0.341 e. The van der Waals surface area contributed by atoms with Crippen LogP contribution in [0.15, 0.2) is 24.3 Å². The summed E-state index contributed by atoms with van der Waals surface area (Å²) in [7, 11) is 2.53. The van der Waals surface area contributed by atoms with E-state index in [1.54, 1.807) is 0 Å². The van der Waals surface area contributed by atoms with Crippen molar-refractivity contribution in [2.45, 2.75) is 6.42 Å². The summed E-state index contributed by atoms with van der Waals surface area (Å²) in [6, 6.07) is 5.63. The molecule has 0 aliphatic carbocycles. The van der Waals surface area contributed by atoms with Crippen LogP contribution in [-0.2, 0) is 33.3 Å². The number of carbonyl (C=O) groups excluding carboxylic acids is 4. The zero-order valence-electron chi connectivity index (χ0n) is 13.1. The first-order valence-electron chi connectivity index (χ1n) is 6.63. The average Bonchev–Trinajstić information content (AvgIpc) is 2.59. The Morgan fingerprint density at radius 3 is 2.00 bits per heavy atom. The molecule has 0 saturated heterocycles. The van der Waals surface area contributed by atoms with E-state index in [4.69, 9.17) is 4.74 Å². The van der Waals surface area contributed by atoms with Crippen LogP contribution in [0.25, 0.3) is 0 Å². The van der Waals surface area contributed by atoms with Crippen molar-refractivity contribution in [1.29, 1.82) is 0 Å². The molecule has 9 nitrogen and oxygen atoms in total. The molecule has 0 N–H and O–H groups in total. The van der Waals surface area contributed by atoms with E-state index < -0.39 is 37.1 Å². The van der Waals surface area contributed by atoms with E-state index in [-0.39, 0.29) is 17.9 Å². The van der Waals surface area contributed by atoms with E-state index in [0.29, 0.717) is 0 Å². The molecule has 130 valence electrons. The Bertz CT molecular complexity index is 609. The molecule has 0 atom stereocenters. The minimum atomic E-state index is -0.924. The van der Waals surface area contributed by atoms with E-state index in [9.17, 15) is 19.2 Å². The third-order valence-electron chi connectivity index (χ3n) is 2.56. The van der Waals surface area contributed by atoms with Crippen LogP contribution in [0.3, 0.4) is 0 Å². The smallest absolute Gasteiger partial charge is 0.341 e. The molecule has 0 saturated carbocycles. The van der Waals surface area contributed by atoms with Gasteiger partial charge in [0.15, 0.2) is 6.79 Å². The lowest BCUT2D eigenvalue weighted by Crippen LogP contribution is -2.17. The number of carbonyl (C=O) groups is 4. The van der Waals surface area contributed by atoms with Gasteiger partial charge in [-0.3, -0.25) is 9.59 Å². The first kappa shape index (κ1) is 19.1. The van der Waals surface area contributed by atoms with Crippen molar-refractivity contribution in [2.75, 3.05) is 27.8 Å². The Hall–Kier alpha value is -2.94. The highest BCUT2D eigenvalue weighted by molar-refractivity contribution is 5.95. The molecule has 0 unspecified atom stereocenters. The predicted molar refractivity (Wildman–Crippen MR) is 76.7 cm³/mol. The fourth-order valence-corrected chi connectivity index (χ4v) is 1.47. The monoisotopic (exact) mass is 340 g/mol. The van der Waals surface area contributed by atoms with E-state index in [0.717, 1.165) is 0 Å². The Morgan fingerprint density at radius 1 is 0.833 bits per heavy atom. The van der Waals surface area contributed by atoms with Crippen LogP contribution in [0, 0.1) is 0 Å². The standard InChI is InChI=1S/C15H16O9/c1-20-8-22-12(16)7-13(17)23-9-24-15(19)11-5-3-4-10(6-11)14(18)21-2/h3-6H,7-9H2,1-2H3. The minimum absolute atomic E-state index is 0.0773. The van der Waals surface area contributed by atoms with Crippen molar-refractivity contribution >= 4 is 23.9 Å². The fourth-order valence-electron chi connectivity index (χ4n) is 1.47. The van der Waals surface area contributed by atoms with Crippen LogP contribution in [-0.4, -0.2) is 51.7 Å². The molecular weight excluding hydrogens is 324 g/mol. The van der Waals surface area contributed by atoms with Gasteiger partial charge >= 0.3 is 23.9 Å². The summed E-state index contributed by atoms with van der Waals surface area (Å²) >= 11 is 0. The van der Waals surface area contributed by atoms with Gasteiger partial charge < -0.3 is 23.7 Å². The third-order valence-corrected chi connectivity index (χ3v) is 2.56. The zero-order chi connectivity index (χ0) is 17.9. The topological polar surface area (TPSA) is 114 Å². The molecule has 0 aliphatic rings. The normalized spacial score (nSPS) is 9.75. The predicted octanol–water partition coefficient (Wildman–Crippen LogP) is 0.668. The fraction of sp³-hybridized carbons (Fsp3) is 0.333. The van der Waals surface area contributed by atoms with Gasteiger partial charge in [0.2, 0.25) is 6.79 Å². The number of esters is 4. The largest absolute Gasteiger partial charge is 0.465 e. The van der Waals surface area contributed by atoms with E-state index in [1.165, 1.54) is 38.5 Å². The molecule has 1 aromatic carbocycles. The highest BCUT2D eigenvalue weighted by atomic mass is 16.7. The van der Waals surface area contributed by atoms with Crippen LogP contribution in [0.1, 0.15) is 27.1 Å². The molecule has 0 aromatic heterocycles.